The van der Waals surface area contributed by atoms with Crippen molar-refractivity contribution in [3.05, 3.63) is 0 Å². The molecule has 1 aliphatic carbocycles. The average molecular weight is 184 g/mol. The number of rotatable bonds is 4. The molecule has 0 unspecified atom stereocenters. The number of carbonyl (C=O) groups excluding carboxylic acids is 1. The van der Waals surface area contributed by atoms with Gasteiger partial charge in [-0.05, 0) is 32.1 Å². The molecule has 0 bridgehead atoms. The summed E-state index contributed by atoms with van der Waals surface area (Å²) < 4.78 is 0. The molecule has 0 aliphatic heterocycles. The molecule has 0 saturated heterocycles. The van der Waals surface area contributed by atoms with Gasteiger partial charge in [-0.15, -0.1) is 0 Å². The Bertz CT molecular complexity index is 207. The quantitative estimate of drug-likeness (QED) is 0.681. The number of nitrogens with one attached hydrogen (secondary N) is 1. The average Bonchev–Trinajstić information content (AvgIpc) is 2.80. The minimum Gasteiger partial charge on any atom is -0.355 e. The van der Waals surface area contributed by atoms with Gasteiger partial charge in [0.05, 0.1) is 5.41 Å². The van der Waals surface area contributed by atoms with E-state index in [4.69, 9.17) is 5.73 Å². The number of carbonyl (C=O) groups is 1. The van der Waals surface area contributed by atoms with Gasteiger partial charge >= 0.3 is 0 Å². The van der Waals surface area contributed by atoms with Crippen LogP contribution in [0.25, 0.3) is 0 Å². The van der Waals surface area contributed by atoms with Gasteiger partial charge < -0.3 is 11.1 Å². The van der Waals surface area contributed by atoms with Gasteiger partial charge in [0, 0.05) is 13.1 Å². The lowest BCUT2D eigenvalue weighted by molar-refractivity contribution is -0.129. The molecule has 1 amide bonds. The highest BCUT2D eigenvalue weighted by molar-refractivity contribution is 5.82. The Morgan fingerprint density at radius 3 is 2.46 bits per heavy atom. The second kappa shape index (κ2) is 3.29. The summed E-state index contributed by atoms with van der Waals surface area (Å²) in [5.41, 5.74) is 5.45. The van der Waals surface area contributed by atoms with Crippen LogP contribution in [0, 0.1) is 10.8 Å². The van der Waals surface area contributed by atoms with Crippen LogP contribution in [0.3, 0.4) is 0 Å². The van der Waals surface area contributed by atoms with E-state index in [0.717, 1.165) is 6.54 Å². The Morgan fingerprint density at radius 1 is 1.54 bits per heavy atom. The van der Waals surface area contributed by atoms with Crippen molar-refractivity contribution < 1.29 is 4.79 Å². The highest BCUT2D eigenvalue weighted by Crippen LogP contribution is 2.44. The SMILES string of the molecule is CC1(CNC(=O)C(C)(C)CN)CC1. The van der Waals surface area contributed by atoms with Crippen molar-refractivity contribution >= 4 is 5.91 Å². The van der Waals surface area contributed by atoms with Crippen LogP contribution >= 0.6 is 0 Å². The standard InChI is InChI=1S/C10H20N2O/c1-9(2,6-11)8(13)12-7-10(3)4-5-10/h4-7,11H2,1-3H3,(H,12,13). The molecule has 0 atom stereocenters. The predicted octanol–water partition coefficient (Wildman–Crippen LogP) is 0.888. The van der Waals surface area contributed by atoms with Gasteiger partial charge in [0.1, 0.15) is 0 Å². The van der Waals surface area contributed by atoms with E-state index in [-0.39, 0.29) is 5.91 Å². The minimum atomic E-state index is -0.425. The van der Waals surface area contributed by atoms with Gasteiger partial charge in [-0.1, -0.05) is 6.92 Å². The van der Waals surface area contributed by atoms with Crippen LogP contribution in [0.5, 0.6) is 0 Å². The van der Waals surface area contributed by atoms with Gasteiger partial charge in [0.15, 0.2) is 0 Å². The van der Waals surface area contributed by atoms with Crippen molar-refractivity contribution in [1.29, 1.82) is 0 Å². The molecule has 1 fully saturated rings. The molecule has 13 heavy (non-hydrogen) atoms. The molecule has 0 heterocycles. The summed E-state index contributed by atoms with van der Waals surface area (Å²) >= 11 is 0. The van der Waals surface area contributed by atoms with Gasteiger partial charge in [-0.3, -0.25) is 4.79 Å². The fraction of sp³-hybridized carbons (Fsp3) is 0.900. The van der Waals surface area contributed by atoms with Crippen LogP contribution in [0.2, 0.25) is 0 Å². The minimum absolute atomic E-state index is 0.0723. The number of amides is 1. The molecule has 0 radical (unpaired) electrons. The van der Waals surface area contributed by atoms with Crippen LogP contribution in [-0.4, -0.2) is 19.0 Å². The highest BCUT2D eigenvalue weighted by atomic mass is 16.2. The first-order valence-corrected chi connectivity index (χ1v) is 4.88. The van der Waals surface area contributed by atoms with Crippen molar-refractivity contribution in [1.82, 2.24) is 5.32 Å². The summed E-state index contributed by atoms with van der Waals surface area (Å²) in [6.45, 7) is 7.14. The molecule has 0 spiro atoms. The second-order valence-electron chi connectivity index (χ2n) is 5.08. The van der Waals surface area contributed by atoms with Crippen LogP contribution < -0.4 is 11.1 Å². The Labute approximate surface area is 80.1 Å². The molecule has 1 rings (SSSR count). The molecule has 3 heteroatoms. The molecule has 0 aromatic carbocycles. The van der Waals surface area contributed by atoms with Crippen LogP contribution in [0.1, 0.15) is 33.6 Å². The maximum Gasteiger partial charge on any atom is 0.226 e. The molecular formula is C10H20N2O. The maximum absolute atomic E-state index is 11.6. The predicted molar refractivity (Wildman–Crippen MR) is 53.2 cm³/mol. The van der Waals surface area contributed by atoms with Gasteiger partial charge in [-0.2, -0.15) is 0 Å². The molecule has 1 saturated carbocycles. The van der Waals surface area contributed by atoms with E-state index in [1.165, 1.54) is 12.8 Å². The molecule has 76 valence electrons. The van der Waals surface area contributed by atoms with E-state index < -0.39 is 5.41 Å². The van der Waals surface area contributed by atoms with Crippen molar-refractivity contribution in [2.24, 2.45) is 16.6 Å². The van der Waals surface area contributed by atoms with Crippen molar-refractivity contribution in [2.45, 2.75) is 33.6 Å². The molecule has 3 N–H and O–H groups in total. The zero-order valence-electron chi connectivity index (χ0n) is 8.81. The fourth-order valence-corrected chi connectivity index (χ4v) is 1.02. The zero-order valence-corrected chi connectivity index (χ0v) is 8.81. The molecule has 0 aromatic rings. The summed E-state index contributed by atoms with van der Waals surface area (Å²) in [5.74, 6) is 0.0723. The van der Waals surface area contributed by atoms with E-state index in [1.807, 2.05) is 13.8 Å². The van der Waals surface area contributed by atoms with Gasteiger partial charge in [0.2, 0.25) is 5.91 Å². The third-order valence-electron chi connectivity index (χ3n) is 2.90. The van der Waals surface area contributed by atoms with Crippen molar-refractivity contribution in [3.8, 4) is 0 Å². The fourth-order valence-electron chi connectivity index (χ4n) is 1.02. The summed E-state index contributed by atoms with van der Waals surface area (Å²) in [7, 11) is 0. The van der Waals surface area contributed by atoms with Crippen LogP contribution in [-0.2, 0) is 4.79 Å². The topological polar surface area (TPSA) is 55.1 Å². The molecular weight excluding hydrogens is 164 g/mol. The third-order valence-corrected chi connectivity index (χ3v) is 2.90. The Kier molecular flexibility index (Phi) is 2.66. The molecule has 1 aliphatic rings. The van der Waals surface area contributed by atoms with E-state index in [0.29, 0.717) is 12.0 Å². The lowest BCUT2D eigenvalue weighted by Gasteiger charge is -2.22. The Morgan fingerprint density at radius 2 is 2.08 bits per heavy atom. The van der Waals surface area contributed by atoms with Crippen molar-refractivity contribution in [2.75, 3.05) is 13.1 Å². The Hall–Kier alpha value is -0.570. The van der Waals surface area contributed by atoms with E-state index in [9.17, 15) is 4.79 Å². The van der Waals surface area contributed by atoms with Gasteiger partial charge in [0.25, 0.3) is 0 Å². The highest BCUT2D eigenvalue weighted by Gasteiger charge is 2.38. The smallest absolute Gasteiger partial charge is 0.226 e. The third kappa shape index (κ3) is 2.69. The maximum atomic E-state index is 11.6. The summed E-state index contributed by atoms with van der Waals surface area (Å²) in [6.07, 6.45) is 2.46. The monoisotopic (exact) mass is 184 g/mol. The van der Waals surface area contributed by atoms with E-state index in [2.05, 4.69) is 12.2 Å². The number of hydrogen-bond donors (Lipinski definition) is 2. The summed E-state index contributed by atoms with van der Waals surface area (Å²) in [5, 5.41) is 2.96. The summed E-state index contributed by atoms with van der Waals surface area (Å²) in [6, 6.07) is 0. The molecule has 0 aromatic heterocycles. The van der Waals surface area contributed by atoms with E-state index >= 15 is 0 Å². The second-order valence-corrected chi connectivity index (χ2v) is 5.08. The number of nitrogens with two attached hydrogens (primary N) is 1. The lowest BCUT2D eigenvalue weighted by atomic mass is 9.92. The van der Waals surface area contributed by atoms with Crippen LogP contribution in [0.4, 0.5) is 0 Å². The van der Waals surface area contributed by atoms with Gasteiger partial charge in [-0.25, -0.2) is 0 Å². The normalized spacial score (nSPS) is 19.7. The lowest BCUT2D eigenvalue weighted by Crippen LogP contribution is -2.43. The number of hydrogen-bond acceptors (Lipinski definition) is 2. The molecule has 3 nitrogen and oxygen atoms in total. The first kappa shape index (κ1) is 10.5. The summed E-state index contributed by atoms with van der Waals surface area (Å²) in [4.78, 5) is 11.6. The Balaban J connectivity index is 2.32. The first-order chi connectivity index (χ1) is 5.90. The van der Waals surface area contributed by atoms with Crippen LogP contribution in [0.15, 0.2) is 0 Å². The first-order valence-electron chi connectivity index (χ1n) is 4.88. The largest absolute Gasteiger partial charge is 0.355 e. The van der Waals surface area contributed by atoms with Crippen molar-refractivity contribution in [3.63, 3.8) is 0 Å². The van der Waals surface area contributed by atoms with E-state index in [1.54, 1.807) is 0 Å². The zero-order chi connectivity index (χ0) is 10.1.